The van der Waals surface area contributed by atoms with Gasteiger partial charge in [0.1, 0.15) is 18.5 Å². The molecule has 4 rings (SSSR count). The maximum atomic E-state index is 14.8. The summed E-state index contributed by atoms with van der Waals surface area (Å²) < 4.78 is 21.2. The van der Waals surface area contributed by atoms with Gasteiger partial charge >= 0.3 is 0 Å². The number of fused-ring (bicyclic) bond motifs is 1. The number of hydrogen-bond donors (Lipinski definition) is 0. The van der Waals surface area contributed by atoms with Crippen molar-refractivity contribution < 1.29 is 8.98 Å². The molecule has 1 unspecified atom stereocenters. The Hall–Kier alpha value is -2.57. The lowest BCUT2D eigenvalue weighted by atomic mass is 9.94. The molecule has 0 aliphatic heterocycles. The number of para-hydroxylation sites is 1. The minimum atomic E-state index is -2.88. The number of benzene rings is 3. The molecule has 3 aromatic carbocycles. The number of unbranched alkanes of at least 4 members (excludes halogenated alkanes) is 1. The first-order valence-electron chi connectivity index (χ1n) is 11.4. The summed E-state index contributed by atoms with van der Waals surface area (Å²) in [6.07, 6.45) is 4.94. The summed E-state index contributed by atoms with van der Waals surface area (Å²) in [4.78, 5) is 0. The standard InChI is InChI=1S/C28H31O2P/c1-3-5-14-22(4-2)28-26(25-19-12-13-20-27(25)30-28)21-31(29,23-15-8-6-9-16-23)24-17-10-7-11-18-24/h6-13,15-20,22H,3-5,14,21H2,1-2H3. The maximum absolute atomic E-state index is 14.8. The van der Waals surface area contributed by atoms with E-state index < -0.39 is 7.14 Å². The molecule has 3 heteroatoms. The normalized spacial score (nSPS) is 12.8. The summed E-state index contributed by atoms with van der Waals surface area (Å²) >= 11 is 0. The smallest absolute Gasteiger partial charge is 0.147 e. The van der Waals surface area contributed by atoms with Crippen molar-refractivity contribution in [3.05, 3.63) is 96.3 Å². The van der Waals surface area contributed by atoms with Gasteiger partial charge in [-0.3, -0.25) is 0 Å². The zero-order chi connectivity index (χ0) is 21.7. The van der Waals surface area contributed by atoms with Crippen LogP contribution in [-0.4, -0.2) is 0 Å². The van der Waals surface area contributed by atoms with Gasteiger partial charge in [0.2, 0.25) is 0 Å². The Morgan fingerprint density at radius 2 is 1.39 bits per heavy atom. The van der Waals surface area contributed by atoms with E-state index in [1.807, 2.05) is 78.9 Å². The van der Waals surface area contributed by atoms with Gasteiger partial charge in [-0.2, -0.15) is 0 Å². The van der Waals surface area contributed by atoms with E-state index in [1.54, 1.807) is 0 Å². The highest BCUT2D eigenvalue weighted by atomic mass is 31.2. The fraction of sp³-hybridized carbons (Fsp3) is 0.286. The lowest BCUT2D eigenvalue weighted by Gasteiger charge is -2.21. The highest BCUT2D eigenvalue weighted by Crippen LogP contribution is 2.50. The van der Waals surface area contributed by atoms with Crippen LogP contribution in [0.4, 0.5) is 0 Å². The summed E-state index contributed by atoms with van der Waals surface area (Å²) in [5.74, 6) is 1.38. The van der Waals surface area contributed by atoms with Crippen LogP contribution in [0.5, 0.6) is 0 Å². The Morgan fingerprint density at radius 1 is 0.806 bits per heavy atom. The first-order chi connectivity index (χ1) is 15.2. The van der Waals surface area contributed by atoms with Crippen LogP contribution in [0.15, 0.2) is 89.3 Å². The van der Waals surface area contributed by atoms with Crippen molar-refractivity contribution in [2.45, 2.75) is 51.6 Å². The zero-order valence-electron chi connectivity index (χ0n) is 18.5. The number of furan rings is 1. The summed E-state index contributed by atoms with van der Waals surface area (Å²) in [7, 11) is -2.88. The third-order valence-corrected chi connectivity index (χ3v) is 9.25. The van der Waals surface area contributed by atoms with E-state index in [2.05, 4.69) is 19.9 Å². The van der Waals surface area contributed by atoms with Crippen molar-refractivity contribution in [3.8, 4) is 0 Å². The van der Waals surface area contributed by atoms with Crippen LogP contribution in [-0.2, 0) is 10.7 Å². The van der Waals surface area contributed by atoms with Crippen LogP contribution in [0, 0.1) is 0 Å². The van der Waals surface area contributed by atoms with Crippen molar-refractivity contribution in [1.82, 2.24) is 0 Å². The Morgan fingerprint density at radius 3 is 1.97 bits per heavy atom. The minimum Gasteiger partial charge on any atom is -0.460 e. The molecule has 0 fully saturated rings. The van der Waals surface area contributed by atoms with Gasteiger partial charge in [-0.15, -0.1) is 0 Å². The van der Waals surface area contributed by atoms with E-state index >= 15 is 0 Å². The second-order valence-electron chi connectivity index (χ2n) is 8.26. The summed E-state index contributed by atoms with van der Waals surface area (Å²) in [6, 6.07) is 28.1. The summed E-state index contributed by atoms with van der Waals surface area (Å²) in [6.45, 7) is 4.45. The largest absolute Gasteiger partial charge is 0.460 e. The van der Waals surface area contributed by atoms with E-state index in [1.165, 1.54) is 12.8 Å². The first kappa shape index (κ1) is 21.7. The van der Waals surface area contributed by atoms with Crippen LogP contribution in [0.1, 0.15) is 56.8 Å². The molecular formula is C28H31O2P. The molecule has 31 heavy (non-hydrogen) atoms. The second-order valence-corrected chi connectivity index (χ2v) is 11.1. The van der Waals surface area contributed by atoms with Gasteiger partial charge in [-0.05, 0) is 18.9 Å². The molecule has 0 radical (unpaired) electrons. The summed E-state index contributed by atoms with van der Waals surface area (Å²) in [5.41, 5.74) is 2.02. The van der Waals surface area contributed by atoms with Gasteiger partial charge in [0, 0.05) is 33.6 Å². The van der Waals surface area contributed by atoms with Crippen LogP contribution < -0.4 is 10.6 Å². The monoisotopic (exact) mass is 430 g/mol. The molecule has 0 bridgehead atoms. The molecule has 0 N–H and O–H groups in total. The van der Waals surface area contributed by atoms with Gasteiger partial charge in [-0.25, -0.2) is 0 Å². The van der Waals surface area contributed by atoms with E-state index in [0.29, 0.717) is 12.1 Å². The molecule has 1 aromatic heterocycles. The molecule has 0 aliphatic rings. The molecule has 0 spiro atoms. The quantitative estimate of drug-likeness (QED) is 0.256. The van der Waals surface area contributed by atoms with Crippen molar-refractivity contribution >= 4 is 28.7 Å². The Kier molecular flexibility index (Phi) is 6.78. The van der Waals surface area contributed by atoms with Crippen LogP contribution in [0.25, 0.3) is 11.0 Å². The predicted octanol–water partition coefficient (Wildman–Crippen LogP) is 7.63. The van der Waals surface area contributed by atoms with Crippen LogP contribution in [0.2, 0.25) is 0 Å². The Balaban J connectivity index is 1.88. The molecule has 1 atom stereocenters. The van der Waals surface area contributed by atoms with Gasteiger partial charge in [0.25, 0.3) is 0 Å². The second kappa shape index (κ2) is 9.71. The molecule has 4 aromatic rings. The Bertz CT molecular complexity index is 1120. The summed E-state index contributed by atoms with van der Waals surface area (Å²) in [5, 5.41) is 2.90. The van der Waals surface area contributed by atoms with Crippen molar-refractivity contribution in [1.29, 1.82) is 0 Å². The molecular weight excluding hydrogens is 399 g/mol. The van der Waals surface area contributed by atoms with E-state index in [0.717, 1.165) is 45.7 Å². The van der Waals surface area contributed by atoms with Crippen molar-refractivity contribution in [2.75, 3.05) is 0 Å². The fourth-order valence-electron chi connectivity index (χ4n) is 4.47. The molecule has 160 valence electrons. The van der Waals surface area contributed by atoms with Crippen LogP contribution in [0.3, 0.4) is 0 Å². The van der Waals surface area contributed by atoms with E-state index in [4.69, 9.17) is 4.42 Å². The number of hydrogen-bond acceptors (Lipinski definition) is 2. The highest BCUT2D eigenvalue weighted by molar-refractivity contribution is 7.78. The lowest BCUT2D eigenvalue weighted by molar-refractivity contribution is 0.447. The molecule has 0 aliphatic carbocycles. The average Bonchev–Trinajstić information content (AvgIpc) is 3.18. The molecule has 2 nitrogen and oxygen atoms in total. The minimum absolute atomic E-state index is 0.349. The average molecular weight is 431 g/mol. The highest BCUT2D eigenvalue weighted by Gasteiger charge is 2.32. The molecule has 0 amide bonds. The van der Waals surface area contributed by atoms with Crippen LogP contribution >= 0.6 is 7.14 Å². The van der Waals surface area contributed by atoms with Gasteiger partial charge < -0.3 is 8.98 Å². The third kappa shape index (κ3) is 4.41. The lowest BCUT2D eigenvalue weighted by Crippen LogP contribution is -2.18. The Labute approximate surface area is 185 Å². The molecule has 0 saturated heterocycles. The first-order valence-corrected chi connectivity index (χ1v) is 13.3. The zero-order valence-corrected chi connectivity index (χ0v) is 19.4. The van der Waals surface area contributed by atoms with Gasteiger partial charge in [-0.1, -0.05) is 106 Å². The van der Waals surface area contributed by atoms with Gasteiger partial charge in [0.15, 0.2) is 0 Å². The number of rotatable bonds is 9. The van der Waals surface area contributed by atoms with Crippen molar-refractivity contribution in [3.63, 3.8) is 0 Å². The molecule has 0 saturated carbocycles. The topological polar surface area (TPSA) is 30.2 Å². The molecule has 1 heterocycles. The fourth-order valence-corrected chi connectivity index (χ4v) is 7.22. The predicted molar refractivity (Wildman–Crippen MR) is 132 cm³/mol. The third-order valence-electron chi connectivity index (χ3n) is 6.23. The van der Waals surface area contributed by atoms with E-state index in [9.17, 15) is 4.57 Å². The van der Waals surface area contributed by atoms with Crippen molar-refractivity contribution in [2.24, 2.45) is 0 Å². The van der Waals surface area contributed by atoms with Gasteiger partial charge in [0.05, 0.1) is 0 Å². The SMILES string of the molecule is CCCCC(CC)c1oc2ccccc2c1CP(=O)(c1ccccc1)c1ccccc1. The maximum Gasteiger partial charge on any atom is 0.147 e. The van der Waals surface area contributed by atoms with E-state index in [-0.39, 0.29) is 0 Å².